The summed E-state index contributed by atoms with van der Waals surface area (Å²) in [6.07, 6.45) is 23.4. The van der Waals surface area contributed by atoms with E-state index in [-0.39, 0.29) is 5.92 Å². The first-order valence-corrected chi connectivity index (χ1v) is 15.1. The van der Waals surface area contributed by atoms with Crippen molar-refractivity contribution in [1.29, 1.82) is 0 Å². The van der Waals surface area contributed by atoms with E-state index in [0.717, 1.165) is 48.9 Å². The molecule has 4 rings (SSSR count). The Morgan fingerprint density at radius 1 is 0.588 bits per heavy atom. The van der Waals surface area contributed by atoms with E-state index in [2.05, 4.69) is 6.92 Å². The highest BCUT2D eigenvalue weighted by atomic mass is 19.2. The van der Waals surface area contributed by atoms with Crippen LogP contribution in [0.25, 0.3) is 0 Å². The molecule has 0 atom stereocenters. The van der Waals surface area contributed by atoms with Gasteiger partial charge in [0, 0.05) is 0 Å². The summed E-state index contributed by atoms with van der Waals surface area (Å²) < 4.78 is 29.1. The van der Waals surface area contributed by atoms with Gasteiger partial charge in [0.2, 0.25) is 0 Å². The number of benzene rings is 1. The van der Waals surface area contributed by atoms with E-state index in [1.165, 1.54) is 89.9 Å². The van der Waals surface area contributed by atoms with Crippen molar-refractivity contribution in [2.45, 2.75) is 135 Å². The third-order valence-corrected chi connectivity index (χ3v) is 10.1. The highest BCUT2D eigenvalue weighted by Gasteiger charge is 2.31. The van der Waals surface area contributed by atoms with Crippen LogP contribution in [-0.4, -0.2) is 0 Å². The largest absolute Gasteiger partial charge is 0.203 e. The van der Waals surface area contributed by atoms with Gasteiger partial charge < -0.3 is 0 Å². The normalized spacial score (nSPS) is 32.6. The lowest BCUT2D eigenvalue weighted by molar-refractivity contribution is 0.137. The predicted molar refractivity (Wildman–Crippen MR) is 140 cm³/mol. The Balaban J connectivity index is 1.15. The van der Waals surface area contributed by atoms with Gasteiger partial charge in [0.1, 0.15) is 0 Å². The molecule has 0 bridgehead atoms. The van der Waals surface area contributed by atoms with E-state index in [0.29, 0.717) is 17.5 Å². The second kappa shape index (κ2) is 12.9. The lowest BCUT2D eigenvalue weighted by Crippen LogP contribution is -2.26. The van der Waals surface area contributed by atoms with Crippen LogP contribution in [-0.2, 0) is 6.42 Å². The van der Waals surface area contributed by atoms with Gasteiger partial charge in [-0.2, -0.15) is 0 Å². The zero-order valence-corrected chi connectivity index (χ0v) is 22.1. The summed E-state index contributed by atoms with van der Waals surface area (Å²) in [6, 6.07) is 3.71. The van der Waals surface area contributed by atoms with E-state index >= 15 is 0 Å². The second-order valence-corrected chi connectivity index (χ2v) is 12.3. The molecule has 0 spiro atoms. The fraction of sp³-hybridized carbons (Fsp3) is 0.812. The maximum Gasteiger partial charge on any atom is 0.162 e. The van der Waals surface area contributed by atoms with E-state index in [4.69, 9.17) is 0 Å². The van der Waals surface area contributed by atoms with Crippen molar-refractivity contribution in [3.8, 4) is 0 Å². The molecular formula is C32H50F2. The minimum absolute atomic E-state index is 0.212. The summed E-state index contributed by atoms with van der Waals surface area (Å²) in [5, 5.41) is 0. The molecule has 3 saturated carbocycles. The first-order chi connectivity index (χ1) is 16.6. The molecular weight excluding hydrogens is 422 g/mol. The zero-order chi connectivity index (χ0) is 23.9. The van der Waals surface area contributed by atoms with Crippen molar-refractivity contribution >= 4 is 0 Å². The quantitative estimate of drug-likeness (QED) is 0.335. The topological polar surface area (TPSA) is 0 Å². The molecule has 0 heterocycles. The first-order valence-electron chi connectivity index (χ1n) is 15.1. The molecule has 3 fully saturated rings. The van der Waals surface area contributed by atoms with Crippen LogP contribution in [0.4, 0.5) is 8.78 Å². The highest BCUT2D eigenvalue weighted by molar-refractivity contribution is 5.29. The molecule has 3 aliphatic rings. The van der Waals surface area contributed by atoms with Crippen molar-refractivity contribution in [3.63, 3.8) is 0 Å². The third kappa shape index (κ3) is 6.64. The summed E-state index contributed by atoms with van der Waals surface area (Å²) in [6.45, 7) is 4.35. The van der Waals surface area contributed by atoms with Crippen molar-refractivity contribution in [1.82, 2.24) is 0 Å². The van der Waals surface area contributed by atoms with Crippen LogP contribution in [0.1, 0.15) is 140 Å². The molecule has 3 aliphatic carbocycles. The van der Waals surface area contributed by atoms with Gasteiger partial charge in [-0.3, -0.25) is 0 Å². The fourth-order valence-electron chi connectivity index (χ4n) is 7.92. The van der Waals surface area contributed by atoms with Crippen molar-refractivity contribution < 1.29 is 8.78 Å². The van der Waals surface area contributed by atoms with Gasteiger partial charge in [0.15, 0.2) is 11.6 Å². The van der Waals surface area contributed by atoms with Crippen LogP contribution < -0.4 is 0 Å². The molecule has 34 heavy (non-hydrogen) atoms. The van der Waals surface area contributed by atoms with Crippen LogP contribution in [0.2, 0.25) is 0 Å². The lowest BCUT2D eigenvalue weighted by Gasteiger charge is -2.38. The van der Waals surface area contributed by atoms with Crippen molar-refractivity contribution in [3.05, 3.63) is 34.9 Å². The van der Waals surface area contributed by atoms with Gasteiger partial charge in [-0.25, -0.2) is 8.78 Å². The van der Waals surface area contributed by atoms with E-state index in [1.807, 2.05) is 19.1 Å². The molecule has 0 unspecified atom stereocenters. The van der Waals surface area contributed by atoms with E-state index < -0.39 is 11.6 Å². The Morgan fingerprint density at radius 3 is 1.59 bits per heavy atom. The molecule has 1 aromatic carbocycles. The number of halogens is 2. The van der Waals surface area contributed by atoms with Gasteiger partial charge in [0.25, 0.3) is 0 Å². The molecule has 192 valence electrons. The summed E-state index contributed by atoms with van der Waals surface area (Å²) in [5.74, 6) is 3.89. The van der Waals surface area contributed by atoms with Crippen molar-refractivity contribution in [2.24, 2.45) is 29.6 Å². The Morgan fingerprint density at radius 2 is 1.09 bits per heavy atom. The molecule has 1 aromatic rings. The number of hydrogen-bond acceptors (Lipinski definition) is 0. The van der Waals surface area contributed by atoms with Crippen LogP contribution >= 0.6 is 0 Å². The van der Waals surface area contributed by atoms with Crippen LogP contribution in [0.15, 0.2) is 12.1 Å². The maximum absolute atomic E-state index is 14.7. The molecule has 0 amide bonds. The van der Waals surface area contributed by atoms with Gasteiger partial charge >= 0.3 is 0 Å². The van der Waals surface area contributed by atoms with E-state index in [9.17, 15) is 8.78 Å². The summed E-state index contributed by atoms with van der Waals surface area (Å²) in [5.41, 5.74) is 1.18. The Kier molecular flexibility index (Phi) is 9.89. The zero-order valence-electron chi connectivity index (χ0n) is 22.1. The molecule has 2 heteroatoms. The van der Waals surface area contributed by atoms with Gasteiger partial charge in [-0.05, 0) is 104 Å². The monoisotopic (exact) mass is 472 g/mol. The van der Waals surface area contributed by atoms with Crippen molar-refractivity contribution in [2.75, 3.05) is 0 Å². The molecule has 0 aliphatic heterocycles. The summed E-state index contributed by atoms with van der Waals surface area (Å²) in [7, 11) is 0. The highest BCUT2D eigenvalue weighted by Crippen LogP contribution is 2.44. The number of hydrogen-bond donors (Lipinski definition) is 0. The molecule has 0 aromatic heterocycles. The van der Waals surface area contributed by atoms with Crippen LogP contribution in [0.5, 0.6) is 0 Å². The molecule has 0 N–H and O–H groups in total. The molecule has 0 saturated heterocycles. The Bertz CT molecular complexity index is 732. The van der Waals surface area contributed by atoms with Gasteiger partial charge in [0.05, 0.1) is 0 Å². The average molecular weight is 473 g/mol. The predicted octanol–water partition coefficient (Wildman–Crippen LogP) is 10.4. The molecule has 0 radical (unpaired) electrons. The summed E-state index contributed by atoms with van der Waals surface area (Å²) in [4.78, 5) is 0. The standard InChI is InChI=1S/C32H50F2/c1-3-5-23-9-15-26(16-10-23)27-17-11-24(12-18-27)7-8-25-13-19-28(20-14-25)30-22-21-29(6-4-2)31(33)32(30)34/h21-28H,3-20H2,1-2H3. The summed E-state index contributed by atoms with van der Waals surface area (Å²) >= 11 is 0. The minimum atomic E-state index is -0.592. The number of aryl methyl sites for hydroxylation is 1. The maximum atomic E-state index is 14.7. The Labute approximate surface area is 208 Å². The SMILES string of the molecule is CCCc1ccc(C2CCC(CCC3CCC(C4CCC(CCC)CC4)CC3)CC2)c(F)c1F. The minimum Gasteiger partial charge on any atom is -0.203 e. The third-order valence-electron chi connectivity index (χ3n) is 10.1. The Hall–Kier alpha value is -0.920. The average Bonchev–Trinajstić information content (AvgIpc) is 2.87. The first kappa shape index (κ1) is 26.2. The fourth-order valence-corrected chi connectivity index (χ4v) is 7.92. The number of rotatable bonds is 9. The van der Waals surface area contributed by atoms with E-state index in [1.54, 1.807) is 0 Å². The van der Waals surface area contributed by atoms with Crippen LogP contribution in [0, 0.1) is 41.2 Å². The van der Waals surface area contributed by atoms with Crippen LogP contribution in [0.3, 0.4) is 0 Å². The molecule has 0 nitrogen and oxygen atoms in total. The lowest BCUT2D eigenvalue weighted by atomic mass is 9.68. The van der Waals surface area contributed by atoms with Gasteiger partial charge in [-0.1, -0.05) is 83.8 Å². The van der Waals surface area contributed by atoms with Gasteiger partial charge in [-0.15, -0.1) is 0 Å². The second-order valence-electron chi connectivity index (χ2n) is 12.3. The smallest absolute Gasteiger partial charge is 0.162 e.